The maximum Gasteiger partial charge on any atom is 0.277 e. The summed E-state index contributed by atoms with van der Waals surface area (Å²) in [7, 11) is 0. The van der Waals surface area contributed by atoms with Crippen LogP contribution in [0.5, 0.6) is 0 Å². The number of para-hydroxylation sites is 1. The number of carbonyl (C=O) groups excluding carboxylic acids is 1. The zero-order chi connectivity index (χ0) is 20.8. The Labute approximate surface area is 174 Å². The Morgan fingerprint density at radius 2 is 1.97 bits per heavy atom. The van der Waals surface area contributed by atoms with Gasteiger partial charge < -0.3 is 14.3 Å². The molecule has 0 aliphatic rings. The molecule has 0 fully saturated rings. The molecule has 0 aliphatic heterocycles. The molecule has 1 amide bonds. The van der Waals surface area contributed by atoms with Crippen molar-refractivity contribution in [2.45, 2.75) is 23.8 Å². The number of anilines is 1. The van der Waals surface area contributed by atoms with Gasteiger partial charge in [-0.2, -0.15) is 4.98 Å². The first kappa shape index (κ1) is 19.7. The van der Waals surface area contributed by atoms with Gasteiger partial charge in [-0.3, -0.25) is 9.78 Å². The highest BCUT2D eigenvalue weighted by Gasteiger charge is 2.13. The lowest BCUT2D eigenvalue weighted by molar-refractivity contribution is -0.116. The highest BCUT2D eigenvalue weighted by molar-refractivity contribution is 7.98. The number of aromatic nitrogens is 5. The number of rotatable bonds is 8. The summed E-state index contributed by atoms with van der Waals surface area (Å²) in [5.41, 5.74) is 0.913. The molecule has 0 saturated heterocycles. The van der Waals surface area contributed by atoms with Crippen LogP contribution in [0.1, 0.15) is 18.1 Å². The van der Waals surface area contributed by atoms with E-state index in [4.69, 9.17) is 8.94 Å². The molecule has 0 unspecified atom stereocenters. The van der Waals surface area contributed by atoms with E-state index >= 15 is 0 Å². The fourth-order valence-electron chi connectivity index (χ4n) is 2.45. The second-order valence-corrected chi connectivity index (χ2v) is 6.96. The summed E-state index contributed by atoms with van der Waals surface area (Å²) < 4.78 is 24.3. The topological polar surface area (TPSA) is 120 Å². The van der Waals surface area contributed by atoms with Gasteiger partial charge in [0.2, 0.25) is 17.7 Å². The Bertz CT molecular complexity index is 1130. The highest BCUT2D eigenvalue weighted by Crippen LogP contribution is 2.24. The van der Waals surface area contributed by atoms with Crippen LogP contribution in [-0.2, 0) is 17.0 Å². The molecule has 0 spiro atoms. The summed E-state index contributed by atoms with van der Waals surface area (Å²) >= 11 is 1.27. The normalized spacial score (nSPS) is 10.8. The average molecular weight is 426 g/mol. The van der Waals surface area contributed by atoms with Crippen LogP contribution < -0.4 is 5.32 Å². The second-order valence-electron chi connectivity index (χ2n) is 6.03. The standard InChI is InChI=1S/C19H15FN6O3S/c20-13-3-1-2-4-14(13)22-16(27)5-6-17-23-15(26-29-17)11-30-19-25-24-18(28-19)12-7-9-21-10-8-12/h1-4,7-10H,5-6,11H2,(H,22,27). The summed E-state index contributed by atoms with van der Waals surface area (Å²) in [5.74, 6) is 0.683. The van der Waals surface area contributed by atoms with Crippen LogP contribution in [0.2, 0.25) is 0 Å². The van der Waals surface area contributed by atoms with Crippen molar-refractivity contribution in [3.05, 3.63) is 66.3 Å². The SMILES string of the molecule is O=C(CCc1nc(CSc2nnc(-c3ccncc3)o2)no1)Nc1ccccc1F. The summed E-state index contributed by atoms with van der Waals surface area (Å²) in [6.45, 7) is 0. The van der Waals surface area contributed by atoms with Crippen molar-refractivity contribution in [3.8, 4) is 11.5 Å². The monoisotopic (exact) mass is 426 g/mol. The largest absolute Gasteiger partial charge is 0.411 e. The van der Waals surface area contributed by atoms with Gasteiger partial charge in [-0.25, -0.2) is 4.39 Å². The molecule has 1 N–H and O–H groups in total. The quantitative estimate of drug-likeness (QED) is 0.422. The van der Waals surface area contributed by atoms with Gasteiger partial charge in [-0.15, -0.1) is 10.2 Å². The van der Waals surface area contributed by atoms with Gasteiger partial charge in [0.1, 0.15) is 5.82 Å². The molecular formula is C19H15FN6O3S. The number of aryl methyl sites for hydroxylation is 1. The van der Waals surface area contributed by atoms with Crippen LogP contribution in [0.4, 0.5) is 10.1 Å². The maximum absolute atomic E-state index is 13.6. The number of thioether (sulfide) groups is 1. The number of hydrogen-bond acceptors (Lipinski definition) is 9. The molecular weight excluding hydrogens is 411 g/mol. The maximum atomic E-state index is 13.6. The van der Waals surface area contributed by atoms with Gasteiger partial charge in [0, 0.05) is 30.8 Å². The molecule has 9 nitrogen and oxygen atoms in total. The lowest BCUT2D eigenvalue weighted by atomic mass is 10.2. The van der Waals surface area contributed by atoms with Crippen molar-refractivity contribution in [2.24, 2.45) is 0 Å². The van der Waals surface area contributed by atoms with Crippen LogP contribution in [0.15, 0.2) is 63.0 Å². The number of nitrogens with zero attached hydrogens (tertiary/aromatic N) is 5. The third kappa shape index (κ3) is 5.06. The van der Waals surface area contributed by atoms with Crippen molar-refractivity contribution >= 4 is 23.4 Å². The second kappa shape index (κ2) is 9.27. The third-order valence-electron chi connectivity index (χ3n) is 3.88. The predicted octanol–water partition coefficient (Wildman–Crippen LogP) is 3.52. The minimum absolute atomic E-state index is 0.0854. The van der Waals surface area contributed by atoms with Gasteiger partial charge >= 0.3 is 0 Å². The molecule has 4 rings (SSSR count). The summed E-state index contributed by atoms with van der Waals surface area (Å²) in [6.07, 6.45) is 3.61. The Balaban J connectivity index is 1.26. The molecule has 152 valence electrons. The molecule has 0 radical (unpaired) electrons. The summed E-state index contributed by atoms with van der Waals surface area (Å²) in [5, 5.41) is 14.7. The van der Waals surface area contributed by atoms with Crippen LogP contribution >= 0.6 is 11.8 Å². The van der Waals surface area contributed by atoms with E-state index in [1.807, 2.05) is 0 Å². The smallest absolute Gasteiger partial charge is 0.277 e. The first-order valence-corrected chi connectivity index (χ1v) is 9.88. The number of carbonyl (C=O) groups is 1. The van der Waals surface area contributed by atoms with Gasteiger partial charge in [0.05, 0.1) is 11.4 Å². The molecule has 0 aliphatic carbocycles. The van der Waals surface area contributed by atoms with E-state index in [9.17, 15) is 9.18 Å². The van der Waals surface area contributed by atoms with Gasteiger partial charge in [-0.05, 0) is 24.3 Å². The first-order valence-electron chi connectivity index (χ1n) is 8.90. The lowest BCUT2D eigenvalue weighted by Gasteiger charge is -2.04. The Kier molecular flexibility index (Phi) is 6.09. The number of halogens is 1. The van der Waals surface area contributed by atoms with E-state index < -0.39 is 5.82 Å². The molecule has 3 heterocycles. The minimum atomic E-state index is -0.490. The minimum Gasteiger partial charge on any atom is -0.411 e. The Hall–Kier alpha value is -3.60. The van der Waals surface area contributed by atoms with E-state index in [-0.39, 0.29) is 24.4 Å². The molecule has 1 aromatic carbocycles. The van der Waals surface area contributed by atoms with Gasteiger partial charge in [-0.1, -0.05) is 29.1 Å². The first-order chi connectivity index (χ1) is 14.7. The highest BCUT2D eigenvalue weighted by atomic mass is 32.2. The molecule has 0 saturated carbocycles. The van der Waals surface area contributed by atoms with E-state index in [0.717, 1.165) is 5.56 Å². The van der Waals surface area contributed by atoms with Gasteiger partial charge in [0.15, 0.2) is 5.82 Å². The number of nitrogens with one attached hydrogen (secondary N) is 1. The molecule has 0 bridgehead atoms. The Morgan fingerprint density at radius 1 is 1.13 bits per heavy atom. The molecule has 11 heteroatoms. The fraction of sp³-hybridized carbons (Fsp3) is 0.158. The zero-order valence-corrected chi connectivity index (χ0v) is 16.3. The van der Waals surface area contributed by atoms with E-state index in [1.54, 1.807) is 36.7 Å². The van der Waals surface area contributed by atoms with E-state index in [2.05, 4.69) is 30.6 Å². The number of benzene rings is 1. The summed E-state index contributed by atoms with van der Waals surface area (Å²) in [4.78, 5) is 20.2. The average Bonchev–Trinajstić information content (AvgIpc) is 3.43. The summed E-state index contributed by atoms with van der Waals surface area (Å²) in [6, 6.07) is 9.51. The zero-order valence-electron chi connectivity index (χ0n) is 15.5. The van der Waals surface area contributed by atoms with E-state index in [1.165, 1.54) is 23.9 Å². The van der Waals surface area contributed by atoms with Crippen LogP contribution in [0.3, 0.4) is 0 Å². The van der Waals surface area contributed by atoms with Crippen molar-refractivity contribution in [1.29, 1.82) is 0 Å². The molecule has 4 aromatic rings. The van der Waals surface area contributed by atoms with Crippen molar-refractivity contribution < 1.29 is 18.1 Å². The van der Waals surface area contributed by atoms with Gasteiger partial charge in [0.25, 0.3) is 5.22 Å². The van der Waals surface area contributed by atoms with E-state index in [0.29, 0.717) is 28.6 Å². The number of amides is 1. The number of pyridine rings is 1. The van der Waals surface area contributed by atoms with Crippen LogP contribution in [-0.4, -0.2) is 31.2 Å². The molecule has 30 heavy (non-hydrogen) atoms. The number of hydrogen-bond donors (Lipinski definition) is 1. The lowest BCUT2D eigenvalue weighted by Crippen LogP contribution is -2.13. The van der Waals surface area contributed by atoms with Crippen LogP contribution in [0, 0.1) is 5.82 Å². The molecule has 0 atom stereocenters. The molecule has 3 aromatic heterocycles. The Morgan fingerprint density at radius 3 is 2.80 bits per heavy atom. The van der Waals surface area contributed by atoms with Crippen LogP contribution in [0.25, 0.3) is 11.5 Å². The fourth-order valence-corrected chi connectivity index (χ4v) is 3.06. The van der Waals surface area contributed by atoms with Crippen molar-refractivity contribution in [2.75, 3.05) is 5.32 Å². The predicted molar refractivity (Wildman–Crippen MR) is 105 cm³/mol. The van der Waals surface area contributed by atoms with Crippen molar-refractivity contribution in [3.63, 3.8) is 0 Å². The van der Waals surface area contributed by atoms with Crippen molar-refractivity contribution in [1.82, 2.24) is 25.3 Å². The third-order valence-corrected chi connectivity index (χ3v) is 4.70.